The quantitative estimate of drug-likeness (QED) is 0.0595. The van der Waals surface area contributed by atoms with Crippen LogP contribution in [-0.4, -0.2) is 94.3 Å². The molecule has 378 valence electrons. The molecule has 3 aliphatic heterocycles. The van der Waals surface area contributed by atoms with E-state index in [4.69, 9.17) is 43.1 Å². The van der Waals surface area contributed by atoms with Crippen molar-refractivity contribution in [1.29, 1.82) is 0 Å². The first kappa shape index (κ1) is 49.6. The van der Waals surface area contributed by atoms with Gasteiger partial charge in [-0.25, -0.2) is 9.97 Å². The maximum atomic E-state index is 12.3. The van der Waals surface area contributed by atoms with Gasteiger partial charge in [0.15, 0.2) is 24.6 Å². The van der Waals surface area contributed by atoms with Gasteiger partial charge in [0, 0.05) is 72.0 Å². The molecule has 0 aliphatic carbocycles. The SMILES string of the molecule is CC(=O)OC[C@H]1O[C@@H](OCCOc2ccc(-c3c4nc(c(-c5ccccc5)c5ccc([nH]5)c(-c5ccccc5)c5nc(c(-c6ccccc6)c6ccc3[nH]6)C=C5)C=C4)cc2)[C@H](OC(C)=O)[C@@H](OC(C)=O)[C@@H]1OC(C)=O. The van der Waals surface area contributed by atoms with Gasteiger partial charge in [-0.3, -0.25) is 19.2 Å². The summed E-state index contributed by atoms with van der Waals surface area (Å²) in [5.41, 5.74) is 14.2. The van der Waals surface area contributed by atoms with Crippen molar-refractivity contribution in [1.82, 2.24) is 19.9 Å². The fourth-order valence-corrected chi connectivity index (χ4v) is 9.60. The minimum absolute atomic E-state index is 0.00920. The number of aromatic nitrogens is 4. The van der Waals surface area contributed by atoms with Crippen LogP contribution in [0.15, 0.2) is 140 Å². The molecule has 7 aromatic rings. The molecule has 3 aliphatic rings. The molecule has 6 heterocycles. The maximum absolute atomic E-state index is 12.3. The number of nitrogens with zero attached hydrogens (tertiary/aromatic N) is 2. The number of rotatable bonds is 14. The van der Waals surface area contributed by atoms with E-state index < -0.39 is 54.6 Å². The number of carbonyl (C=O) groups excluding carboxylic acids is 4. The predicted octanol–water partition coefficient (Wildman–Crippen LogP) is 10.8. The predicted molar refractivity (Wildman–Crippen MR) is 284 cm³/mol. The van der Waals surface area contributed by atoms with E-state index in [0.29, 0.717) is 5.75 Å². The number of hydrogen-bond donors (Lipinski definition) is 2. The van der Waals surface area contributed by atoms with Crippen molar-refractivity contribution in [2.75, 3.05) is 19.8 Å². The number of hydrogen-bond acceptors (Lipinski definition) is 13. The molecule has 5 atom stereocenters. The van der Waals surface area contributed by atoms with Crippen molar-refractivity contribution in [3.05, 3.63) is 162 Å². The first-order valence-corrected chi connectivity index (χ1v) is 24.4. The summed E-state index contributed by atoms with van der Waals surface area (Å²) in [7, 11) is 0. The third-order valence-electron chi connectivity index (χ3n) is 12.7. The van der Waals surface area contributed by atoms with Crippen LogP contribution in [0, 0.1) is 0 Å². The molecule has 3 aromatic heterocycles. The van der Waals surface area contributed by atoms with Gasteiger partial charge in [-0.05, 0) is 83.0 Å². The molecule has 10 rings (SSSR count). The molecule has 0 spiro atoms. The Labute approximate surface area is 431 Å². The summed E-state index contributed by atoms with van der Waals surface area (Å²) >= 11 is 0. The van der Waals surface area contributed by atoms with Gasteiger partial charge in [-0.1, -0.05) is 103 Å². The van der Waals surface area contributed by atoms with Crippen molar-refractivity contribution in [3.63, 3.8) is 0 Å². The lowest BCUT2D eigenvalue weighted by molar-refractivity contribution is -0.308. The van der Waals surface area contributed by atoms with Crippen LogP contribution in [-0.2, 0) is 47.6 Å². The van der Waals surface area contributed by atoms with E-state index in [2.05, 4.69) is 88.9 Å². The minimum atomic E-state index is -1.36. The van der Waals surface area contributed by atoms with Crippen LogP contribution in [0.3, 0.4) is 0 Å². The summed E-state index contributed by atoms with van der Waals surface area (Å²) in [4.78, 5) is 67.0. The van der Waals surface area contributed by atoms with E-state index in [-0.39, 0.29) is 19.8 Å². The van der Waals surface area contributed by atoms with Crippen LogP contribution in [0.2, 0.25) is 0 Å². The third-order valence-corrected chi connectivity index (χ3v) is 12.7. The van der Waals surface area contributed by atoms with Crippen LogP contribution < -0.4 is 4.74 Å². The number of nitrogens with one attached hydrogen (secondary N) is 2. The summed E-state index contributed by atoms with van der Waals surface area (Å²) in [6.07, 6.45) is 1.74. The second-order valence-corrected chi connectivity index (χ2v) is 17.9. The Balaban J connectivity index is 1.03. The highest BCUT2D eigenvalue weighted by molar-refractivity contribution is 5.99. The largest absolute Gasteiger partial charge is 0.491 e. The maximum Gasteiger partial charge on any atom is 0.303 e. The zero-order valence-electron chi connectivity index (χ0n) is 41.5. The lowest BCUT2D eigenvalue weighted by Gasteiger charge is -2.44. The Morgan fingerprint density at radius 3 is 1.24 bits per heavy atom. The number of aromatic amines is 2. The molecule has 4 aromatic carbocycles. The van der Waals surface area contributed by atoms with Crippen molar-refractivity contribution < 1.29 is 52.3 Å². The average molecular weight is 1010 g/mol. The molecule has 0 radical (unpaired) electrons. The summed E-state index contributed by atoms with van der Waals surface area (Å²) in [5, 5.41) is 0. The normalized spacial score (nSPS) is 17.7. The van der Waals surface area contributed by atoms with E-state index in [1.807, 2.05) is 84.9 Å². The first-order chi connectivity index (χ1) is 36.5. The van der Waals surface area contributed by atoms with Crippen molar-refractivity contribution in [2.24, 2.45) is 0 Å². The second kappa shape index (κ2) is 22.1. The zero-order valence-corrected chi connectivity index (χ0v) is 41.5. The highest BCUT2D eigenvalue weighted by Crippen LogP contribution is 2.39. The summed E-state index contributed by atoms with van der Waals surface area (Å²) in [6, 6.07) is 46.8. The Hall–Kier alpha value is -8.92. The molecule has 0 saturated carbocycles. The highest BCUT2D eigenvalue weighted by Gasteiger charge is 2.52. The molecule has 1 fully saturated rings. The Kier molecular flexibility index (Phi) is 14.6. The molecule has 15 heteroatoms. The minimum Gasteiger partial charge on any atom is -0.491 e. The van der Waals surface area contributed by atoms with E-state index in [9.17, 15) is 19.2 Å². The van der Waals surface area contributed by atoms with E-state index in [0.717, 1.165) is 103 Å². The van der Waals surface area contributed by atoms with Gasteiger partial charge in [0.1, 0.15) is 25.1 Å². The Morgan fingerprint density at radius 1 is 0.453 bits per heavy atom. The summed E-state index contributed by atoms with van der Waals surface area (Å²) in [6.45, 7) is 4.23. The van der Waals surface area contributed by atoms with Crippen LogP contribution in [0.25, 0.3) is 90.9 Å². The number of benzene rings is 4. The molecular formula is C60H52N4O11. The van der Waals surface area contributed by atoms with Gasteiger partial charge in [-0.15, -0.1) is 0 Å². The summed E-state index contributed by atoms with van der Waals surface area (Å²) in [5.74, 6) is -2.31. The molecule has 0 unspecified atom stereocenters. The van der Waals surface area contributed by atoms with Gasteiger partial charge in [0.25, 0.3) is 0 Å². The van der Waals surface area contributed by atoms with Crippen LogP contribution in [0.4, 0.5) is 0 Å². The van der Waals surface area contributed by atoms with Crippen molar-refractivity contribution in [3.8, 4) is 50.3 Å². The molecule has 2 N–H and O–H groups in total. The van der Waals surface area contributed by atoms with Gasteiger partial charge in [0.2, 0.25) is 0 Å². The third kappa shape index (κ3) is 11.1. The number of fused-ring (bicyclic) bond motifs is 8. The van der Waals surface area contributed by atoms with Crippen molar-refractivity contribution >= 4 is 70.2 Å². The molecule has 8 bridgehead atoms. The number of esters is 4. The van der Waals surface area contributed by atoms with Crippen molar-refractivity contribution in [2.45, 2.75) is 58.4 Å². The van der Waals surface area contributed by atoms with Gasteiger partial charge < -0.3 is 43.1 Å². The molecule has 75 heavy (non-hydrogen) atoms. The molecule has 0 amide bonds. The zero-order chi connectivity index (χ0) is 52.0. The van der Waals surface area contributed by atoms with Crippen LogP contribution in [0.5, 0.6) is 5.75 Å². The van der Waals surface area contributed by atoms with E-state index in [1.165, 1.54) is 13.8 Å². The average Bonchev–Trinajstić information content (AvgIpc) is 4.28. The van der Waals surface area contributed by atoms with Gasteiger partial charge in [0.05, 0.1) is 29.4 Å². The lowest BCUT2D eigenvalue weighted by Crippen LogP contribution is -2.63. The number of ether oxygens (including phenoxy) is 7. The monoisotopic (exact) mass is 1000 g/mol. The van der Waals surface area contributed by atoms with E-state index in [1.54, 1.807) is 0 Å². The number of carbonyl (C=O) groups is 4. The molecule has 15 nitrogen and oxygen atoms in total. The number of H-pyrrole nitrogens is 2. The standard InChI is InChI=1S/C60H52N4O11/c1-35(65)71-34-52-57(72-36(2)66)58(73-37(3)67)59(74-38(4)68)60(75-52)70-33-32-69-43-22-20-42(21-23-43)56-50-30-28-48(63-50)54(40-16-10-6-11-17-40)46-26-24-44(61-46)53(39-14-8-5-9-15-39)45-25-27-47(62-45)55(41-18-12-7-13-19-41)49-29-31-51(56)64-49/h5-31,52,57-61,64H,32-34H2,1-4H3/t52-,57-,58+,59-,60-/m1/s1. The summed E-state index contributed by atoms with van der Waals surface area (Å²) < 4.78 is 40.1. The second-order valence-electron chi connectivity index (χ2n) is 17.9. The molecular weight excluding hydrogens is 953 g/mol. The highest BCUT2D eigenvalue weighted by atomic mass is 16.7. The topological polar surface area (TPSA) is 190 Å². The fraction of sp³-hybridized carbons (Fsp3) is 0.200. The van der Waals surface area contributed by atoms with Gasteiger partial charge in [-0.2, -0.15) is 0 Å². The Bertz CT molecular complexity index is 3460. The smallest absolute Gasteiger partial charge is 0.303 e. The Morgan fingerprint density at radius 2 is 0.840 bits per heavy atom. The van der Waals surface area contributed by atoms with Crippen LogP contribution >= 0.6 is 0 Å². The first-order valence-electron chi connectivity index (χ1n) is 24.4. The molecule has 1 saturated heterocycles. The van der Waals surface area contributed by atoms with Crippen LogP contribution in [0.1, 0.15) is 50.5 Å². The van der Waals surface area contributed by atoms with Gasteiger partial charge >= 0.3 is 23.9 Å². The fourth-order valence-electron chi connectivity index (χ4n) is 9.60. The lowest BCUT2D eigenvalue weighted by atomic mass is 9.98. The van der Waals surface area contributed by atoms with E-state index >= 15 is 0 Å².